The van der Waals surface area contributed by atoms with Crippen LogP contribution in [0.15, 0.2) is 18.5 Å². The number of hydrogen-bond acceptors (Lipinski definition) is 4. The van der Waals surface area contributed by atoms with Gasteiger partial charge in [0.2, 0.25) is 0 Å². The van der Waals surface area contributed by atoms with Gasteiger partial charge in [-0.1, -0.05) is 0 Å². The number of methoxy groups -OCH3 is 2. The molecule has 0 saturated carbocycles. The molecule has 5 nitrogen and oxygen atoms in total. The van der Waals surface area contributed by atoms with Gasteiger partial charge in [0.1, 0.15) is 17.6 Å². The number of ether oxygens (including phenoxy) is 2. The summed E-state index contributed by atoms with van der Waals surface area (Å²) in [6, 6.07) is 5.84. The van der Waals surface area contributed by atoms with Gasteiger partial charge in [0.05, 0.1) is 26.2 Å². The van der Waals surface area contributed by atoms with Crippen molar-refractivity contribution in [3.05, 3.63) is 29.7 Å². The van der Waals surface area contributed by atoms with Gasteiger partial charge in [0, 0.05) is 18.2 Å². The van der Waals surface area contributed by atoms with Crippen LogP contribution < -0.4 is 9.47 Å². The van der Waals surface area contributed by atoms with Crippen molar-refractivity contribution < 1.29 is 9.47 Å². The summed E-state index contributed by atoms with van der Waals surface area (Å²) in [5.74, 6) is 1.45. The summed E-state index contributed by atoms with van der Waals surface area (Å²) in [4.78, 5) is 4.07. The Bertz CT molecular complexity index is 653. The number of hydrogen-bond donors (Lipinski definition) is 0. The van der Waals surface area contributed by atoms with E-state index in [0.29, 0.717) is 11.4 Å². The zero-order valence-corrected chi connectivity index (χ0v) is 11.4. The molecule has 0 radical (unpaired) electrons. The molecular weight excluding hydrogens is 242 g/mol. The van der Waals surface area contributed by atoms with Gasteiger partial charge in [-0.25, -0.2) is 4.98 Å². The second-order valence-electron chi connectivity index (χ2n) is 4.14. The highest BCUT2D eigenvalue weighted by molar-refractivity contribution is 5.75. The molecule has 0 aliphatic rings. The molecule has 1 heterocycles. The van der Waals surface area contributed by atoms with Gasteiger partial charge in [-0.15, -0.1) is 0 Å². The van der Waals surface area contributed by atoms with Crippen LogP contribution in [0, 0.1) is 18.3 Å². The van der Waals surface area contributed by atoms with Crippen molar-refractivity contribution in [3.8, 4) is 28.8 Å². The second-order valence-corrected chi connectivity index (χ2v) is 4.14. The van der Waals surface area contributed by atoms with Gasteiger partial charge < -0.3 is 14.0 Å². The van der Waals surface area contributed by atoms with Crippen molar-refractivity contribution in [2.24, 2.45) is 7.05 Å². The lowest BCUT2D eigenvalue weighted by Gasteiger charge is -2.14. The molecular formula is C14H15N3O2. The topological polar surface area (TPSA) is 60.1 Å². The van der Waals surface area contributed by atoms with Crippen LogP contribution in [0.1, 0.15) is 11.3 Å². The zero-order valence-electron chi connectivity index (χ0n) is 11.4. The Morgan fingerprint density at radius 1 is 1.26 bits per heavy atom. The molecule has 0 spiro atoms. The molecule has 19 heavy (non-hydrogen) atoms. The standard InChI is InChI=1S/C14H15N3O2/c1-9-12(18-3)6-5-10(14(9)19-4)13-11(7-15)16-8-17(13)2/h5-6,8H,1-4H3. The SMILES string of the molecule is COc1ccc(-c2c(C#N)ncn2C)c(OC)c1C. The molecule has 0 N–H and O–H groups in total. The summed E-state index contributed by atoms with van der Waals surface area (Å²) < 4.78 is 12.6. The lowest BCUT2D eigenvalue weighted by atomic mass is 10.0. The largest absolute Gasteiger partial charge is 0.496 e. The highest BCUT2D eigenvalue weighted by Crippen LogP contribution is 2.38. The molecule has 0 bridgehead atoms. The van der Waals surface area contributed by atoms with E-state index >= 15 is 0 Å². The van der Waals surface area contributed by atoms with E-state index in [-0.39, 0.29) is 0 Å². The van der Waals surface area contributed by atoms with Gasteiger partial charge in [0.15, 0.2) is 5.69 Å². The van der Waals surface area contributed by atoms with Gasteiger partial charge >= 0.3 is 0 Å². The number of imidazole rings is 1. The van der Waals surface area contributed by atoms with Crippen LogP contribution in [0.5, 0.6) is 11.5 Å². The van der Waals surface area contributed by atoms with E-state index in [9.17, 15) is 0 Å². The Balaban J connectivity index is 2.73. The quantitative estimate of drug-likeness (QED) is 0.846. The third-order valence-electron chi connectivity index (χ3n) is 3.08. The molecule has 0 aliphatic carbocycles. The Morgan fingerprint density at radius 2 is 2.00 bits per heavy atom. The molecule has 98 valence electrons. The highest BCUT2D eigenvalue weighted by atomic mass is 16.5. The van der Waals surface area contributed by atoms with E-state index < -0.39 is 0 Å². The maximum Gasteiger partial charge on any atom is 0.166 e. The van der Waals surface area contributed by atoms with Gasteiger partial charge in [-0.05, 0) is 19.1 Å². The Morgan fingerprint density at radius 3 is 2.58 bits per heavy atom. The zero-order chi connectivity index (χ0) is 14.0. The predicted octanol–water partition coefficient (Wildman–Crippen LogP) is 2.28. The summed E-state index contributed by atoms with van der Waals surface area (Å²) in [7, 11) is 5.07. The fraction of sp³-hybridized carbons (Fsp3) is 0.286. The van der Waals surface area contributed by atoms with Crippen LogP contribution >= 0.6 is 0 Å². The van der Waals surface area contributed by atoms with Crippen LogP contribution in [-0.4, -0.2) is 23.8 Å². The number of rotatable bonds is 3. The van der Waals surface area contributed by atoms with Gasteiger partial charge in [0.25, 0.3) is 0 Å². The maximum atomic E-state index is 9.14. The maximum absolute atomic E-state index is 9.14. The van der Waals surface area contributed by atoms with E-state index in [4.69, 9.17) is 14.7 Å². The lowest BCUT2D eigenvalue weighted by Crippen LogP contribution is -1.99. The molecule has 1 aromatic heterocycles. The summed E-state index contributed by atoms with van der Waals surface area (Å²) in [6.45, 7) is 1.92. The first-order valence-corrected chi connectivity index (χ1v) is 5.77. The molecule has 2 rings (SSSR count). The van der Waals surface area contributed by atoms with E-state index in [1.165, 1.54) is 0 Å². The van der Waals surface area contributed by atoms with Crippen LogP contribution in [0.3, 0.4) is 0 Å². The third-order valence-corrected chi connectivity index (χ3v) is 3.08. The van der Waals surface area contributed by atoms with Crippen LogP contribution in [0.2, 0.25) is 0 Å². The van der Waals surface area contributed by atoms with Gasteiger partial charge in [-0.3, -0.25) is 0 Å². The number of aryl methyl sites for hydroxylation is 1. The summed E-state index contributed by atoms with van der Waals surface area (Å²) in [6.07, 6.45) is 1.62. The van der Waals surface area contributed by atoms with Crippen molar-refractivity contribution >= 4 is 0 Å². The Kier molecular flexibility index (Phi) is 3.43. The number of nitriles is 1. The van der Waals surface area contributed by atoms with E-state index in [2.05, 4.69) is 11.1 Å². The lowest BCUT2D eigenvalue weighted by molar-refractivity contribution is 0.389. The molecule has 1 aromatic carbocycles. The van der Waals surface area contributed by atoms with E-state index in [1.54, 1.807) is 20.5 Å². The first kappa shape index (κ1) is 13.0. The molecule has 0 amide bonds. The first-order valence-electron chi connectivity index (χ1n) is 5.77. The van der Waals surface area contributed by atoms with Gasteiger partial charge in [-0.2, -0.15) is 5.26 Å². The average molecular weight is 257 g/mol. The number of nitrogens with zero attached hydrogens (tertiary/aromatic N) is 3. The number of aromatic nitrogens is 2. The van der Waals surface area contributed by atoms with Crippen molar-refractivity contribution in [1.29, 1.82) is 5.26 Å². The molecule has 0 saturated heterocycles. The van der Waals surface area contributed by atoms with Crippen LogP contribution in [0.4, 0.5) is 0 Å². The normalized spacial score (nSPS) is 10.1. The first-order chi connectivity index (χ1) is 9.13. The molecule has 5 heteroatoms. The minimum atomic E-state index is 0.380. The summed E-state index contributed by atoms with van der Waals surface area (Å²) in [5.41, 5.74) is 2.85. The fourth-order valence-corrected chi connectivity index (χ4v) is 2.17. The third kappa shape index (κ3) is 2.02. The Hall–Kier alpha value is -2.48. The second kappa shape index (κ2) is 5.02. The minimum Gasteiger partial charge on any atom is -0.496 e. The van der Waals surface area contributed by atoms with Crippen molar-refractivity contribution in [1.82, 2.24) is 9.55 Å². The highest BCUT2D eigenvalue weighted by Gasteiger charge is 2.18. The van der Waals surface area contributed by atoms with E-state index in [1.807, 2.05) is 30.7 Å². The smallest absolute Gasteiger partial charge is 0.166 e. The minimum absolute atomic E-state index is 0.380. The molecule has 0 aliphatic heterocycles. The average Bonchev–Trinajstić information content (AvgIpc) is 2.79. The monoisotopic (exact) mass is 257 g/mol. The fourth-order valence-electron chi connectivity index (χ4n) is 2.17. The van der Waals surface area contributed by atoms with E-state index in [0.717, 1.165) is 22.6 Å². The summed E-state index contributed by atoms with van der Waals surface area (Å²) >= 11 is 0. The molecule has 2 aromatic rings. The van der Waals surface area contributed by atoms with Crippen LogP contribution in [-0.2, 0) is 7.05 Å². The molecule has 0 atom stereocenters. The van der Waals surface area contributed by atoms with Crippen LogP contribution in [0.25, 0.3) is 11.3 Å². The number of benzene rings is 1. The van der Waals surface area contributed by atoms with Crippen molar-refractivity contribution in [2.75, 3.05) is 14.2 Å². The van der Waals surface area contributed by atoms with Crippen molar-refractivity contribution in [3.63, 3.8) is 0 Å². The summed E-state index contributed by atoms with van der Waals surface area (Å²) in [5, 5.41) is 9.14. The van der Waals surface area contributed by atoms with Crippen molar-refractivity contribution in [2.45, 2.75) is 6.92 Å². The predicted molar refractivity (Wildman–Crippen MR) is 71.2 cm³/mol. The molecule has 0 fully saturated rings. The molecule has 0 unspecified atom stereocenters. The Labute approximate surface area is 112 Å².